The van der Waals surface area contributed by atoms with Crippen LogP contribution in [0.3, 0.4) is 0 Å². The van der Waals surface area contributed by atoms with Crippen molar-refractivity contribution in [3.8, 4) is 11.5 Å². The van der Waals surface area contributed by atoms with Crippen molar-refractivity contribution in [2.24, 2.45) is 16.8 Å². The second-order valence-corrected chi connectivity index (χ2v) is 4.50. The molecular formula is C13H19N3O4. The maximum Gasteiger partial charge on any atom is 0.253 e. The summed E-state index contributed by atoms with van der Waals surface area (Å²) in [6.07, 6.45) is 0. The second-order valence-electron chi connectivity index (χ2n) is 4.50. The number of amidine groups is 1. The van der Waals surface area contributed by atoms with E-state index in [0.29, 0.717) is 17.9 Å². The van der Waals surface area contributed by atoms with Crippen LogP contribution in [-0.2, 0) is 0 Å². The first-order valence-electron chi connectivity index (χ1n) is 6.00. The van der Waals surface area contributed by atoms with Crippen LogP contribution in [0.2, 0.25) is 0 Å². The first kappa shape index (κ1) is 15.6. The third-order valence-electron chi connectivity index (χ3n) is 2.94. The third kappa shape index (κ3) is 3.53. The van der Waals surface area contributed by atoms with Gasteiger partial charge in [0, 0.05) is 25.1 Å². The van der Waals surface area contributed by atoms with Gasteiger partial charge >= 0.3 is 0 Å². The van der Waals surface area contributed by atoms with Crippen LogP contribution in [0.15, 0.2) is 23.4 Å². The van der Waals surface area contributed by atoms with Gasteiger partial charge in [0.05, 0.1) is 7.11 Å². The smallest absolute Gasteiger partial charge is 0.253 e. The van der Waals surface area contributed by atoms with E-state index in [2.05, 4.69) is 5.16 Å². The van der Waals surface area contributed by atoms with Crippen molar-refractivity contribution in [3.63, 3.8) is 0 Å². The van der Waals surface area contributed by atoms with Crippen LogP contribution >= 0.6 is 0 Å². The number of oxime groups is 1. The Morgan fingerprint density at radius 2 is 2.20 bits per heavy atom. The zero-order valence-corrected chi connectivity index (χ0v) is 11.7. The van der Waals surface area contributed by atoms with Crippen LogP contribution in [0.1, 0.15) is 17.3 Å². The molecule has 1 rings (SSSR count). The Balaban J connectivity index is 2.82. The minimum absolute atomic E-state index is 0.0576. The van der Waals surface area contributed by atoms with Gasteiger partial charge in [0.15, 0.2) is 11.5 Å². The van der Waals surface area contributed by atoms with E-state index >= 15 is 0 Å². The van der Waals surface area contributed by atoms with E-state index in [1.807, 2.05) is 0 Å². The molecular weight excluding hydrogens is 262 g/mol. The lowest BCUT2D eigenvalue weighted by molar-refractivity contribution is 0.0785. The number of phenolic OH excluding ortho intramolecular Hbond substituents is 1. The predicted octanol–water partition coefficient (Wildman–Crippen LogP) is 0.855. The molecule has 0 heterocycles. The van der Waals surface area contributed by atoms with E-state index in [-0.39, 0.29) is 23.4 Å². The van der Waals surface area contributed by atoms with Crippen molar-refractivity contribution in [1.29, 1.82) is 0 Å². The lowest BCUT2D eigenvalue weighted by atomic mass is 10.1. The van der Waals surface area contributed by atoms with Crippen LogP contribution in [-0.4, -0.2) is 47.7 Å². The van der Waals surface area contributed by atoms with Gasteiger partial charge in [0.1, 0.15) is 5.84 Å². The number of benzene rings is 1. The van der Waals surface area contributed by atoms with Crippen molar-refractivity contribution in [1.82, 2.24) is 4.90 Å². The molecule has 1 unspecified atom stereocenters. The molecule has 1 amide bonds. The number of amides is 1. The molecule has 0 aliphatic carbocycles. The highest BCUT2D eigenvalue weighted by atomic mass is 16.5. The number of carbonyl (C=O) groups is 1. The Morgan fingerprint density at radius 1 is 1.55 bits per heavy atom. The quantitative estimate of drug-likeness (QED) is 0.321. The number of carbonyl (C=O) groups excluding carboxylic acids is 1. The van der Waals surface area contributed by atoms with E-state index in [1.165, 1.54) is 24.1 Å². The molecule has 0 fully saturated rings. The first-order valence-corrected chi connectivity index (χ1v) is 6.00. The molecule has 7 nitrogen and oxygen atoms in total. The Labute approximate surface area is 117 Å². The molecule has 110 valence electrons. The van der Waals surface area contributed by atoms with Crippen LogP contribution in [0.4, 0.5) is 0 Å². The number of aromatic hydroxyl groups is 1. The summed E-state index contributed by atoms with van der Waals surface area (Å²) in [5.74, 6) is -0.297. The summed E-state index contributed by atoms with van der Waals surface area (Å²) in [4.78, 5) is 13.6. The first-order chi connectivity index (χ1) is 9.40. The molecule has 4 N–H and O–H groups in total. The van der Waals surface area contributed by atoms with E-state index in [9.17, 15) is 9.90 Å². The van der Waals surface area contributed by atoms with Crippen molar-refractivity contribution < 1.29 is 19.8 Å². The minimum Gasteiger partial charge on any atom is -0.504 e. The Morgan fingerprint density at radius 3 is 2.70 bits per heavy atom. The SMILES string of the molecule is COc1ccc(C(=O)N(C)CC(C)C(N)=NO)cc1O. The monoisotopic (exact) mass is 281 g/mol. The number of nitrogens with zero attached hydrogens (tertiary/aromatic N) is 2. The van der Waals surface area contributed by atoms with Crippen LogP contribution in [0.5, 0.6) is 11.5 Å². The molecule has 0 aliphatic heterocycles. The minimum atomic E-state index is -0.277. The maximum absolute atomic E-state index is 12.2. The van der Waals surface area contributed by atoms with Gasteiger partial charge in [-0.25, -0.2) is 0 Å². The lowest BCUT2D eigenvalue weighted by Crippen LogP contribution is -2.36. The molecule has 0 aromatic heterocycles. The summed E-state index contributed by atoms with van der Waals surface area (Å²) >= 11 is 0. The zero-order valence-electron chi connectivity index (χ0n) is 11.7. The normalized spacial score (nSPS) is 12.8. The fraction of sp³-hybridized carbons (Fsp3) is 0.385. The number of hydrogen-bond donors (Lipinski definition) is 3. The van der Waals surface area contributed by atoms with Crippen molar-refractivity contribution in [3.05, 3.63) is 23.8 Å². The number of ether oxygens (including phenoxy) is 1. The average Bonchev–Trinajstić information content (AvgIpc) is 2.45. The number of nitrogens with two attached hydrogens (primary N) is 1. The van der Waals surface area contributed by atoms with E-state index in [4.69, 9.17) is 15.7 Å². The molecule has 7 heteroatoms. The molecule has 0 saturated heterocycles. The molecule has 0 spiro atoms. The van der Waals surface area contributed by atoms with Gasteiger partial charge in [0.2, 0.25) is 0 Å². The highest BCUT2D eigenvalue weighted by Crippen LogP contribution is 2.26. The summed E-state index contributed by atoms with van der Waals surface area (Å²) in [6.45, 7) is 2.03. The fourth-order valence-electron chi connectivity index (χ4n) is 1.73. The van der Waals surface area contributed by atoms with Gasteiger partial charge in [0.25, 0.3) is 5.91 Å². The molecule has 0 aliphatic rings. The van der Waals surface area contributed by atoms with Crippen molar-refractivity contribution >= 4 is 11.7 Å². The molecule has 1 aromatic rings. The number of phenols is 1. The van der Waals surface area contributed by atoms with Crippen molar-refractivity contribution in [2.75, 3.05) is 20.7 Å². The van der Waals surface area contributed by atoms with Gasteiger partial charge in [-0.1, -0.05) is 12.1 Å². The third-order valence-corrected chi connectivity index (χ3v) is 2.94. The summed E-state index contributed by atoms with van der Waals surface area (Å²) in [5.41, 5.74) is 5.80. The number of methoxy groups -OCH3 is 1. The Hall–Kier alpha value is -2.44. The van der Waals surface area contributed by atoms with Crippen LogP contribution < -0.4 is 10.5 Å². The summed E-state index contributed by atoms with van der Waals surface area (Å²) in [6, 6.07) is 4.42. The summed E-state index contributed by atoms with van der Waals surface area (Å²) in [7, 11) is 3.03. The predicted molar refractivity (Wildman–Crippen MR) is 74.2 cm³/mol. The highest BCUT2D eigenvalue weighted by molar-refractivity contribution is 5.95. The molecule has 1 aromatic carbocycles. The second kappa shape index (κ2) is 6.65. The standard InChI is InChI=1S/C13H19N3O4/c1-8(12(14)15-19)7-16(2)13(18)9-4-5-11(20-3)10(17)6-9/h4-6,8,17,19H,7H2,1-3H3,(H2,14,15). The highest BCUT2D eigenvalue weighted by Gasteiger charge is 2.18. The maximum atomic E-state index is 12.2. The molecule has 0 radical (unpaired) electrons. The van der Waals surface area contributed by atoms with Gasteiger partial charge < -0.3 is 25.7 Å². The van der Waals surface area contributed by atoms with E-state index < -0.39 is 0 Å². The zero-order chi connectivity index (χ0) is 15.3. The average molecular weight is 281 g/mol. The van der Waals surface area contributed by atoms with Gasteiger partial charge in [-0.15, -0.1) is 0 Å². The Kier molecular flexibility index (Phi) is 5.19. The van der Waals surface area contributed by atoms with Crippen molar-refractivity contribution in [2.45, 2.75) is 6.92 Å². The lowest BCUT2D eigenvalue weighted by Gasteiger charge is -2.21. The largest absolute Gasteiger partial charge is 0.504 e. The number of rotatable bonds is 5. The summed E-state index contributed by atoms with van der Waals surface area (Å²) in [5, 5.41) is 21.2. The van der Waals surface area contributed by atoms with E-state index in [0.717, 1.165) is 0 Å². The molecule has 0 bridgehead atoms. The topological polar surface area (TPSA) is 108 Å². The van der Waals surface area contributed by atoms with Crippen LogP contribution in [0, 0.1) is 5.92 Å². The van der Waals surface area contributed by atoms with Gasteiger partial charge in [-0.2, -0.15) is 0 Å². The summed E-state index contributed by atoms with van der Waals surface area (Å²) < 4.78 is 4.92. The molecule has 1 atom stereocenters. The number of hydrogen-bond acceptors (Lipinski definition) is 5. The fourth-order valence-corrected chi connectivity index (χ4v) is 1.73. The van der Waals surface area contributed by atoms with Gasteiger partial charge in [-0.05, 0) is 18.2 Å². The van der Waals surface area contributed by atoms with Gasteiger partial charge in [-0.3, -0.25) is 4.79 Å². The Bertz CT molecular complexity index is 516. The molecule has 0 saturated carbocycles. The van der Waals surface area contributed by atoms with E-state index in [1.54, 1.807) is 20.0 Å². The molecule has 20 heavy (non-hydrogen) atoms. The van der Waals surface area contributed by atoms with Crippen LogP contribution in [0.25, 0.3) is 0 Å².